The Morgan fingerprint density at radius 3 is 2.65 bits per heavy atom. The number of hydrogen-bond acceptors (Lipinski definition) is 6. The number of carbonyl (C=O) groups excluding carboxylic acids is 1. The number of benzene rings is 2. The number of halogens is 1. The van der Waals surface area contributed by atoms with E-state index >= 15 is 0 Å². The third kappa shape index (κ3) is 4.66. The number of nitro groups is 1. The highest BCUT2D eigenvalue weighted by Crippen LogP contribution is 2.26. The number of nitro benzene ring substituents is 1. The van der Waals surface area contributed by atoms with Crippen LogP contribution in [0.2, 0.25) is 0 Å². The van der Waals surface area contributed by atoms with Gasteiger partial charge in [-0.15, -0.1) is 10.2 Å². The lowest BCUT2D eigenvalue weighted by Crippen LogP contribution is -2.41. The predicted octanol–water partition coefficient (Wildman–Crippen LogP) is 4.05. The minimum atomic E-state index is -0.940. The van der Waals surface area contributed by atoms with E-state index < -0.39 is 16.4 Å². The second-order valence-corrected chi connectivity index (χ2v) is 7.34. The summed E-state index contributed by atoms with van der Waals surface area (Å²) in [7, 11) is 0. The first kappa shape index (κ1) is 20.4. The van der Waals surface area contributed by atoms with Crippen LogP contribution in [0.3, 0.4) is 0 Å². The molecule has 0 spiro atoms. The molecule has 1 fully saturated rings. The van der Waals surface area contributed by atoms with Crippen molar-refractivity contribution in [2.75, 3.05) is 23.3 Å². The van der Waals surface area contributed by atoms with Crippen LogP contribution in [0, 0.1) is 21.8 Å². The molecule has 158 valence electrons. The van der Waals surface area contributed by atoms with Gasteiger partial charge in [-0.25, -0.2) is 0 Å². The molecular weight excluding hydrogens is 401 g/mol. The minimum Gasteiger partial charge on any atom is -0.354 e. The lowest BCUT2D eigenvalue weighted by Gasteiger charge is -2.32. The molecule has 0 radical (unpaired) electrons. The van der Waals surface area contributed by atoms with Crippen molar-refractivity contribution in [1.82, 2.24) is 10.2 Å². The Labute approximate surface area is 177 Å². The number of hydrogen-bond donors (Lipinski definition) is 1. The highest BCUT2D eigenvalue weighted by atomic mass is 19.1. The summed E-state index contributed by atoms with van der Waals surface area (Å²) in [6.45, 7) is 1.21. The molecule has 9 heteroatoms. The normalized spacial score (nSPS) is 16.0. The molecule has 2 aromatic carbocycles. The molecule has 1 aromatic heterocycles. The van der Waals surface area contributed by atoms with Crippen LogP contribution in [-0.4, -0.2) is 34.1 Å². The average molecular weight is 421 g/mol. The monoisotopic (exact) mass is 421 g/mol. The largest absolute Gasteiger partial charge is 0.354 e. The van der Waals surface area contributed by atoms with E-state index in [1.54, 1.807) is 0 Å². The molecule has 8 nitrogen and oxygen atoms in total. The van der Waals surface area contributed by atoms with Gasteiger partial charge < -0.3 is 10.2 Å². The quantitative estimate of drug-likeness (QED) is 0.493. The molecule has 31 heavy (non-hydrogen) atoms. The maximum atomic E-state index is 13.5. The van der Waals surface area contributed by atoms with Crippen LogP contribution in [0.25, 0.3) is 11.3 Å². The summed E-state index contributed by atoms with van der Waals surface area (Å²) >= 11 is 0. The molecule has 1 saturated heterocycles. The molecule has 3 aromatic rings. The van der Waals surface area contributed by atoms with Crippen molar-refractivity contribution in [3.63, 3.8) is 0 Å². The van der Waals surface area contributed by atoms with Crippen LogP contribution < -0.4 is 10.2 Å². The Morgan fingerprint density at radius 2 is 1.94 bits per heavy atom. The zero-order valence-electron chi connectivity index (χ0n) is 16.6. The number of amides is 1. The molecule has 1 amide bonds. The van der Waals surface area contributed by atoms with Crippen LogP contribution in [0.5, 0.6) is 0 Å². The standard InChI is InChI=1S/C22H20FN5O3/c23-18-9-8-17(13-20(18)28(30)31)24-22(29)16-7-4-12-27(14-16)21-11-10-19(25-26-21)15-5-2-1-3-6-15/h1-3,5-6,8-11,13,16H,4,7,12,14H2,(H,24,29). The molecule has 1 atom stereocenters. The fourth-order valence-corrected chi connectivity index (χ4v) is 3.63. The van der Waals surface area contributed by atoms with E-state index in [1.165, 1.54) is 6.07 Å². The average Bonchev–Trinajstić information content (AvgIpc) is 2.81. The Balaban J connectivity index is 1.43. The van der Waals surface area contributed by atoms with Gasteiger partial charge in [-0.2, -0.15) is 4.39 Å². The molecule has 1 N–H and O–H groups in total. The van der Waals surface area contributed by atoms with Crippen molar-refractivity contribution >= 4 is 23.1 Å². The van der Waals surface area contributed by atoms with Crippen molar-refractivity contribution < 1.29 is 14.1 Å². The highest BCUT2D eigenvalue weighted by Gasteiger charge is 2.27. The summed E-state index contributed by atoms with van der Waals surface area (Å²) in [5.41, 5.74) is 1.28. The van der Waals surface area contributed by atoms with Gasteiger partial charge in [0.05, 0.1) is 16.5 Å². The van der Waals surface area contributed by atoms with Gasteiger partial charge in [-0.1, -0.05) is 30.3 Å². The van der Waals surface area contributed by atoms with Crippen molar-refractivity contribution in [1.29, 1.82) is 0 Å². The maximum absolute atomic E-state index is 13.5. The number of carbonyl (C=O) groups is 1. The molecule has 2 heterocycles. The lowest BCUT2D eigenvalue weighted by molar-refractivity contribution is -0.387. The van der Waals surface area contributed by atoms with Crippen molar-refractivity contribution in [2.45, 2.75) is 12.8 Å². The molecule has 1 unspecified atom stereocenters. The summed E-state index contributed by atoms with van der Waals surface area (Å²) in [5, 5.41) is 22.2. The van der Waals surface area contributed by atoms with Crippen molar-refractivity contribution in [2.24, 2.45) is 5.92 Å². The number of aromatic nitrogens is 2. The molecule has 4 rings (SSSR count). The van der Waals surface area contributed by atoms with E-state index in [9.17, 15) is 19.3 Å². The van der Waals surface area contributed by atoms with Crippen LogP contribution in [0.4, 0.5) is 21.6 Å². The van der Waals surface area contributed by atoms with E-state index in [1.807, 2.05) is 47.4 Å². The maximum Gasteiger partial charge on any atom is 0.306 e. The summed E-state index contributed by atoms with van der Waals surface area (Å²) in [6.07, 6.45) is 1.48. The Morgan fingerprint density at radius 1 is 1.13 bits per heavy atom. The smallest absolute Gasteiger partial charge is 0.306 e. The fraction of sp³-hybridized carbons (Fsp3) is 0.227. The highest BCUT2D eigenvalue weighted by molar-refractivity contribution is 5.93. The van der Waals surface area contributed by atoms with Crippen molar-refractivity contribution in [3.8, 4) is 11.3 Å². The van der Waals surface area contributed by atoms with Crippen LogP contribution >= 0.6 is 0 Å². The topological polar surface area (TPSA) is 101 Å². The zero-order chi connectivity index (χ0) is 21.8. The second-order valence-electron chi connectivity index (χ2n) is 7.34. The third-order valence-electron chi connectivity index (χ3n) is 5.25. The number of nitrogens with zero attached hydrogens (tertiary/aromatic N) is 4. The van der Waals surface area contributed by atoms with Crippen LogP contribution in [-0.2, 0) is 4.79 Å². The molecule has 0 bridgehead atoms. The van der Waals surface area contributed by atoms with E-state index in [4.69, 9.17) is 0 Å². The third-order valence-corrected chi connectivity index (χ3v) is 5.25. The van der Waals surface area contributed by atoms with E-state index in [-0.39, 0.29) is 17.5 Å². The number of anilines is 2. The summed E-state index contributed by atoms with van der Waals surface area (Å²) in [5.74, 6) is -0.841. The van der Waals surface area contributed by atoms with Crippen LogP contribution in [0.1, 0.15) is 12.8 Å². The van der Waals surface area contributed by atoms with Crippen LogP contribution in [0.15, 0.2) is 60.7 Å². The van der Waals surface area contributed by atoms with Gasteiger partial charge in [-0.05, 0) is 37.1 Å². The van der Waals surface area contributed by atoms with E-state index in [0.717, 1.165) is 36.4 Å². The van der Waals surface area contributed by atoms with Gasteiger partial charge in [0.1, 0.15) is 0 Å². The molecule has 1 aliphatic rings. The number of piperidine rings is 1. The van der Waals surface area contributed by atoms with Gasteiger partial charge >= 0.3 is 5.69 Å². The summed E-state index contributed by atoms with van der Waals surface area (Å²) < 4.78 is 13.5. The Bertz CT molecular complexity index is 1090. The van der Waals surface area contributed by atoms with Gasteiger partial charge in [0.2, 0.25) is 11.7 Å². The predicted molar refractivity (Wildman–Crippen MR) is 114 cm³/mol. The first-order chi connectivity index (χ1) is 15.0. The molecule has 1 aliphatic heterocycles. The number of nitrogens with one attached hydrogen (secondary N) is 1. The summed E-state index contributed by atoms with van der Waals surface area (Å²) in [4.78, 5) is 24.8. The first-order valence-corrected chi connectivity index (χ1v) is 9.90. The van der Waals surface area contributed by atoms with Gasteiger partial charge in [0, 0.05) is 30.4 Å². The Hall–Kier alpha value is -3.88. The number of rotatable bonds is 5. The Kier molecular flexibility index (Phi) is 5.83. The fourth-order valence-electron chi connectivity index (χ4n) is 3.63. The molecule has 0 aliphatic carbocycles. The van der Waals surface area contributed by atoms with Gasteiger partial charge in [0.15, 0.2) is 5.82 Å². The van der Waals surface area contributed by atoms with Gasteiger partial charge in [0.25, 0.3) is 0 Å². The summed E-state index contributed by atoms with van der Waals surface area (Å²) in [6, 6.07) is 16.9. The molecule has 0 saturated carbocycles. The minimum absolute atomic E-state index is 0.197. The van der Waals surface area contributed by atoms with E-state index in [0.29, 0.717) is 18.8 Å². The zero-order valence-corrected chi connectivity index (χ0v) is 16.6. The van der Waals surface area contributed by atoms with Gasteiger partial charge in [-0.3, -0.25) is 14.9 Å². The molecular formula is C22H20FN5O3. The first-order valence-electron chi connectivity index (χ1n) is 9.90. The lowest BCUT2D eigenvalue weighted by atomic mass is 9.97. The second kappa shape index (κ2) is 8.86. The van der Waals surface area contributed by atoms with E-state index in [2.05, 4.69) is 15.5 Å². The SMILES string of the molecule is O=C(Nc1ccc(F)c([N+](=O)[O-])c1)C1CCCN(c2ccc(-c3ccccc3)nn2)C1. The van der Waals surface area contributed by atoms with Crippen molar-refractivity contribution in [3.05, 3.63) is 76.6 Å².